The van der Waals surface area contributed by atoms with Crippen LogP contribution in [0.4, 0.5) is 0 Å². The van der Waals surface area contributed by atoms with Crippen molar-refractivity contribution in [1.29, 1.82) is 0 Å². The van der Waals surface area contributed by atoms with Crippen molar-refractivity contribution in [2.24, 2.45) is 0 Å². The third-order valence-electron chi connectivity index (χ3n) is 2.11. The topological polar surface area (TPSA) is 54.0 Å². The van der Waals surface area contributed by atoms with Gasteiger partial charge in [-0.25, -0.2) is 0 Å². The Morgan fingerprint density at radius 3 is 1.29 bits per heavy atom. The van der Waals surface area contributed by atoms with Crippen LogP contribution in [0.2, 0.25) is 0 Å². The average Bonchev–Trinajstić information content (AvgIpc) is 2.40. The van der Waals surface area contributed by atoms with E-state index in [0.29, 0.717) is 6.61 Å². The summed E-state index contributed by atoms with van der Waals surface area (Å²) in [4.78, 5) is 9.82. The number of hydrogen-bond donors (Lipinski definition) is 0. The molecule has 126 valence electrons. The second kappa shape index (κ2) is 14.2. The van der Waals surface area contributed by atoms with Gasteiger partial charge in [0, 0.05) is 25.4 Å². The van der Waals surface area contributed by atoms with Gasteiger partial charge in [0.05, 0.1) is 6.61 Å². The van der Waals surface area contributed by atoms with Gasteiger partial charge < -0.3 is 4.74 Å². The lowest BCUT2D eigenvalue weighted by molar-refractivity contribution is -0.140. The van der Waals surface area contributed by atoms with Crippen molar-refractivity contribution in [1.82, 2.24) is 0 Å². The van der Waals surface area contributed by atoms with Crippen molar-refractivity contribution in [2.75, 3.05) is 25.1 Å². The summed E-state index contributed by atoms with van der Waals surface area (Å²) in [5.74, 6) is -0.211. The molecule has 1 aliphatic heterocycles. The first kappa shape index (κ1) is 21.6. The number of hydrogen-bond acceptors (Lipinski definition) is 5. The van der Waals surface area contributed by atoms with Crippen molar-refractivity contribution in [3.63, 3.8) is 0 Å². The third-order valence-corrected chi connectivity index (χ3v) is 8.92. The minimum Gasteiger partial charge on any atom is -0.466 e. The van der Waals surface area contributed by atoms with Crippen LogP contribution >= 0.6 is 25.1 Å². The van der Waals surface area contributed by atoms with E-state index in [2.05, 4.69) is 25.5 Å². The molecule has 0 saturated carbocycles. The Hall–Kier alpha value is 0.640. The Kier molecular flexibility index (Phi) is 14.7. The zero-order valence-corrected chi connectivity index (χ0v) is 16.5. The number of esters is 1. The smallest absolute Gasteiger partial charge is 0.302 e. The first-order valence-corrected chi connectivity index (χ1v) is 11.7. The lowest BCUT2D eigenvalue weighted by atomic mass is 10.6. The van der Waals surface area contributed by atoms with Gasteiger partial charge in [0.2, 0.25) is 0 Å². The van der Waals surface area contributed by atoms with E-state index >= 15 is 0 Å². The largest absolute Gasteiger partial charge is 0.466 e. The fourth-order valence-electron chi connectivity index (χ4n) is 1.35. The monoisotopic (exact) mass is 358 g/mol. The molecule has 0 aliphatic carbocycles. The van der Waals surface area contributed by atoms with Crippen LogP contribution in [0.3, 0.4) is 0 Å². The molecule has 0 unspecified atom stereocenters. The van der Waals surface area contributed by atoms with Gasteiger partial charge in [0.15, 0.2) is 25.1 Å². The molecule has 0 radical (unpaired) electrons. The van der Waals surface area contributed by atoms with E-state index in [4.69, 9.17) is 12.9 Å². The fraction of sp³-hybridized carbons (Fsp3) is 0.923. The lowest BCUT2D eigenvalue weighted by Crippen LogP contribution is -2.01. The van der Waals surface area contributed by atoms with Crippen molar-refractivity contribution >= 4 is 31.1 Å². The Morgan fingerprint density at radius 2 is 1.14 bits per heavy atom. The Balaban J connectivity index is 0.000000567. The lowest BCUT2D eigenvalue weighted by Gasteiger charge is -2.33. The molecule has 8 heteroatoms. The van der Waals surface area contributed by atoms with E-state index in [0.717, 1.165) is 37.7 Å². The van der Waals surface area contributed by atoms with Gasteiger partial charge in [-0.1, -0.05) is 20.8 Å². The predicted molar refractivity (Wildman–Crippen MR) is 91.8 cm³/mol. The van der Waals surface area contributed by atoms with Crippen molar-refractivity contribution in [2.45, 2.75) is 53.9 Å². The standard InChI is InChI=1S/C9H21O3P3.C4H8O2/c1-4-7-13-10-14(8-5-2)12-15(11-13)9-6-3;1-3-6-4(2)5/h4-9H2,1-3H3;3H2,1-2H3. The van der Waals surface area contributed by atoms with Crippen molar-refractivity contribution < 1.29 is 22.5 Å². The van der Waals surface area contributed by atoms with E-state index in [-0.39, 0.29) is 5.97 Å². The highest BCUT2D eigenvalue weighted by atomic mass is 31.3. The maximum atomic E-state index is 9.82. The molecule has 1 rings (SSSR count). The van der Waals surface area contributed by atoms with Crippen LogP contribution in [-0.2, 0) is 22.5 Å². The zero-order chi connectivity index (χ0) is 16.1. The first-order chi connectivity index (χ1) is 10.1. The highest BCUT2D eigenvalue weighted by molar-refractivity contribution is 7.74. The summed E-state index contributed by atoms with van der Waals surface area (Å²) in [5.41, 5.74) is 0. The van der Waals surface area contributed by atoms with Gasteiger partial charge in [-0.15, -0.1) is 0 Å². The SMILES string of the molecule is CCCP1OP(CCC)OP(CCC)O1.CCOC(C)=O. The predicted octanol–water partition coefficient (Wildman–Crippen LogP) is 5.78. The number of carbonyl (C=O) groups is 1. The molecule has 0 atom stereocenters. The number of rotatable bonds is 7. The van der Waals surface area contributed by atoms with Crippen molar-refractivity contribution in [3.05, 3.63) is 0 Å². The van der Waals surface area contributed by atoms with Crippen LogP contribution in [0.5, 0.6) is 0 Å². The molecule has 1 heterocycles. The molecule has 0 aromatic rings. The molecule has 0 bridgehead atoms. The summed E-state index contributed by atoms with van der Waals surface area (Å²) in [5, 5.41) is 0. The Labute approximate surface area is 133 Å². The zero-order valence-electron chi connectivity index (χ0n) is 13.8. The highest BCUT2D eigenvalue weighted by Gasteiger charge is 2.31. The normalized spacial score (nSPS) is 24.9. The summed E-state index contributed by atoms with van der Waals surface area (Å²) >= 11 is 0. The minimum absolute atomic E-state index is 0.211. The molecule has 1 fully saturated rings. The summed E-state index contributed by atoms with van der Waals surface area (Å²) in [6, 6.07) is 0. The summed E-state index contributed by atoms with van der Waals surface area (Å²) in [6.07, 6.45) is 6.58. The maximum absolute atomic E-state index is 9.82. The second-order valence-electron chi connectivity index (χ2n) is 4.34. The molecule has 0 amide bonds. The highest BCUT2D eigenvalue weighted by Crippen LogP contribution is 2.72. The molecule has 5 nitrogen and oxygen atoms in total. The summed E-state index contributed by atoms with van der Waals surface area (Å²) in [6.45, 7) is 10.2. The van der Waals surface area contributed by atoms with Gasteiger partial charge in [0.1, 0.15) is 0 Å². The molecule has 0 spiro atoms. The molecule has 0 N–H and O–H groups in total. The van der Waals surface area contributed by atoms with Crippen LogP contribution in [-0.4, -0.2) is 31.1 Å². The van der Waals surface area contributed by atoms with E-state index < -0.39 is 25.1 Å². The molecular formula is C13H29O5P3. The molecule has 0 aromatic heterocycles. The van der Waals surface area contributed by atoms with E-state index in [9.17, 15) is 4.79 Å². The van der Waals surface area contributed by atoms with E-state index in [1.807, 2.05) is 0 Å². The third kappa shape index (κ3) is 11.8. The quantitative estimate of drug-likeness (QED) is 0.426. The summed E-state index contributed by atoms with van der Waals surface area (Å²) in [7, 11) is -1.92. The second-order valence-corrected chi connectivity index (χ2v) is 9.64. The minimum atomic E-state index is -0.641. The van der Waals surface area contributed by atoms with Gasteiger partial charge in [-0.05, 0) is 26.2 Å². The molecule has 1 saturated heterocycles. The van der Waals surface area contributed by atoms with Gasteiger partial charge in [0.25, 0.3) is 0 Å². The molecule has 1 aliphatic rings. The molecule has 0 aromatic carbocycles. The van der Waals surface area contributed by atoms with Crippen LogP contribution in [0, 0.1) is 0 Å². The van der Waals surface area contributed by atoms with E-state index in [1.54, 1.807) is 6.92 Å². The van der Waals surface area contributed by atoms with Gasteiger partial charge in [-0.2, -0.15) is 0 Å². The number of carbonyl (C=O) groups excluding carboxylic acids is 1. The van der Waals surface area contributed by atoms with Crippen LogP contribution in [0.1, 0.15) is 53.9 Å². The summed E-state index contributed by atoms with van der Waals surface area (Å²) < 4.78 is 21.9. The average molecular weight is 358 g/mol. The fourth-order valence-corrected chi connectivity index (χ4v) is 8.00. The van der Waals surface area contributed by atoms with Crippen LogP contribution in [0.15, 0.2) is 0 Å². The van der Waals surface area contributed by atoms with Crippen LogP contribution in [0.25, 0.3) is 0 Å². The van der Waals surface area contributed by atoms with Crippen molar-refractivity contribution in [3.8, 4) is 0 Å². The first-order valence-electron chi connectivity index (χ1n) is 7.57. The van der Waals surface area contributed by atoms with Gasteiger partial charge in [-0.3, -0.25) is 17.7 Å². The maximum Gasteiger partial charge on any atom is 0.302 e. The molecular weight excluding hydrogens is 329 g/mol. The number of ether oxygens (including phenoxy) is 1. The van der Waals surface area contributed by atoms with Gasteiger partial charge >= 0.3 is 5.97 Å². The Bertz CT molecular complexity index is 234. The molecule has 21 heavy (non-hydrogen) atoms. The Morgan fingerprint density at radius 1 is 0.810 bits per heavy atom. The van der Waals surface area contributed by atoms with E-state index in [1.165, 1.54) is 6.92 Å². The van der Waals surface area contributed by atoms with Crippen LogP contribution < -0.4 is 0 Å².